The maximum Gasteiger partial charge on any atom is 0.171 e. The number of nitrogens with one attached hydrogen (secondary N) is 1. The standard InChI is InChI=1S/C6H8N4S.ClH.2H2O/c7-4-3-5(8)10-1-2-11-6(10)9-4;;;/h3,8H,1-2,7H2;1H;2*1H2. The molecular weight excluding hydrogens is 228 g/mol. The molecular formula is C6H13ClN4O2S. The van der Waals surface area contributed by atoms with Crippen molar-refractivity contribution in [2.45, 2.75) is 11.7 Å². The van der Waals surface area contributed by atoms with Crippen LogP contribution >= 0.6 is 24.2 Å². The molecule has 14 heavy (non-hydrogen) atoms. The third-order valence-corrected chi connectivity index (χ3v) is 2.53. The Kier molecular flexibility index (Phi) is 6.58. The van der Waals surface area contributed by atoms with Gasteiger partial charge in [0.05, 0.1) is 0 Å². The van der Waals surface area contributed by atoms with Crippen LogP contribution in [0.5, 0.6) is 0 Å². The first-order valence-electron chi connectivity index (χ1n) is 3.32. The van der Waals surface area contributed by atoms with Gasteiger partial charge in [-0.3, -0.25) is 5.41 Å². The minimum Gasteiger partial charge on any atom is -0.412 e. The average Bonchev–Trinajstić information content (AvgIpc) is 2.34. The summed E-state index contributed by atoms with van der Waals surface area (Å²) >= 11 is 1.65. The molecule has 82 valence electrons. The van der Waals surface area contributed by atoms with Crippen molar-refractivity contribution in [3.63, 3.8) is 0 Å². The lowest BCUT2D eigenvalue weighted by Gasteiger charge is -2.01. The van der Waals surface area contributed by atoms with Crippen molar-refractivity contribution in [1.29, 1.82) is 5.41 Å². The number of nitrogens with two attached hydrogens (primary N) is 1. The second kappa shape index (κ2) is 5.86. The molecule has 0 bridgehead atoms. The minimum absolute atomic E-state index is 0. The molecule has 0 spiro atoms. The Morgan fingerprint density at radius 3 is 2.79 bits per heavy atom. The van der Waals surface area contributed by atoms with E-state index in [0.717, 1.165) is 17.5 Å². The highest BCUT2D eigenvalue weighted by atomic mass is 35.5. The topological polar surface area (TPSA) is 131 Å². The van der Waals surface area contributed by atoms with E-state index in [1.165, 1.54) is 0 Å². The predicted molar refractivity (Wildman–Crippen MR) is 57.7 cm³/mol. The first kappa shape index (κ1) is 15.7. The van der Waals surface area contributed by atoms with Crippen LogP contribution in [0.4, 0.5) is 5.82 Å². The van der Waals surface area contributed by atoms with Gasteiger partial charge in [-0.2, -0.15) is 0 Å². The molecule has 8 heteroatoms. The van der Waals surface area contributed by atoms with E-state index in [0.29, 0.717) is 11.3 Å². The summed E-state index contributed by atoms with van der Waals surface area (Å²) in [6.45, 7) is 0.881. The number of halogens is 1. The summed E-state index contributed by atoms with van der Waals surface area (Å²) in [7, 11) is 0. The number of fused-ring (bicyclic) bond motifs is 1. The molecule has 0 saturated carbocycles. The molecule has 0 radical (unpaired) electrons. The number of anilines is 1. The van der Waals surface area contributed by atoms with Gasteiger partial charge in [0, 0.05) is 18.4 Å². The summed E-state index contributed by atoms with van der Waals surface area (Å²) in [4.78, 5) is 4.10. The number of hydrogen-bond donors (Lipinski definition) is 2. The van der Waals surface area contributed by atoms with Crippen LogP contribution in [-0.2, 0) is 6.54 Å². The van der Waals surface area contributed by atoms with Gasteiger partial charge >= 0.3 is 0 Å². The Morgan fingerprint density at radius 2 is 2.14 bits per heavy atom. The molecule has 1 aliphatic heterocycles. The third-order valence-electron chi connectivity index (χ3n) is 1.58. The molecule has 0 unspecified atom stereocenters. The van der Waals surface area contributed by atoms with Crippen LogP contribution in [-0.4, -0.2) is 26.3 Å². The van der Waals surface area contributed by atoms with E-state index in [2.05, 4.69) is 4.98 Å². The Morgan fingerprint density at radius 1 is 1.50 bits per heavy atom. The summed E-state index contributed by atoms with van der Waals surface area (Å²) in [5.74, 6) is 1.44. The smallest absolute Gasteiger partial charge is 0.171 e. The van der Waals surface area contributed by atoms with Gasteiger partial charge in [-0.05, 0) is 0 Å². The lowest BCUT2D eigenvalue weighted by Crippen LogP contribution is -2.20. The number of aromatic nitrogens is 2. The number of nitrogen functional groups attached to an aromatic ring is 1. The first-order valence-corrected chi connectivity index (χ1v) is 4.31. The number of nitrogens with zero attached hydrogens (tertiary/aromatic N) is 2. The van der Waals surface area contributed by atoms with Crippen LogP contribution in [0.2, 0.25) is 0 Å². The van der Waals surface area contributed by atoms with E-state index in [9.17, 15) is 0 Å². The van der Waals surface area contributed by atoms with E-state index < -0.39 is 0 Å². The number of hydrogen-bond acceptors (Lipinski definition) is 4. The quantitative estimate of drug-likeness (QED) is 0.554. The summed E-state index contributed by atoms with van der Waals surface area (Å²) < 4.78 is 1.86. The van der Waals surface area contributed by atoms with Gasteiger partial charge in [-0.15, -0.1) is 12.4 Å². The van der Waals surface area contributed by atoms with Crippen LogP contribution in [0.25, 0.3) is 0 Å². The molecule has 2 heterocycles. The second-order valence-corrected chi connectivity index (χ2v) is 3.41. The molecule has 2 rings (SSSR count). The average molecular weight is 241 g/mol. The molecule has 6 nitrogen and oxygen atoms in total. The Bertz CT molecular complexity index is 356. The molecule has 1 aromatic heterocycles. The third kappa shape index (κ3) is 2.61. The maximum absolute atomic E-state index is 7.52. The van der Waals surface area contributed by atoms with Crippen LogP contribution in [0.15, 0.2) is 11.2 Å². The lowest BCUT2D eigenvalue weighted by molar-refractivity contribution is 0.638. The van der Waals surface area contributed by atoms with Gasteiger partial charge in [-0.1, -0.05) is 11.8 Å². The molecule has 0 aromatic carbocycles. The highest BCUT2D eigenvalue weighted by molar-refractivity contribution is 7.99. The summed E-state index contributed by atoms with van der Waals surface area (Å²) in [6, 6.07) is 1.58. The Hall–Kier alpha value is -0.760. The molecule has 0 aliphatic carbocycles. The van der Waals surface area contributed by atoms with Crippen molar-refractivity contribution in [1.82, 2.24) is 9.55 Å². The van der Waals surface area contributed by atoms with E-state index >= 15 is 0 Å². The zero-order valence-electron chi connectivity index (χ0n) is 7.28. The van der Waals surface area contributed by atoms with Gasteiger partial charge in [0.15, 0.2) is 5.16 Å². The maximum atomic E-state index is 7.52. The molecule has 0 amide bonds. The SMILES string of the molecule is Cl.N=c1cc(N)nc2n1CCS2.O.O. The second-order valence-electron chi connectivity index (χ2n) is 2.35. The van der Waals surface area contributed by atoms with E-state index in [1.807, 2.05) is 4.57 Å². The zero-order valence-corrected chi connectivity index (χ0v) is 8.91. The molecule has 0 saturated heterocycles. The van der Waals surface area contributed by atoms with Crippen LogP contribution < -0.4 is 11.2 Å². The largest absolute Gasteiger partial charge is 0.412 e. The van der Waals surface area contributed by atoms with Crippen molar-refractivity contribution < 1.29 is 11.0 Å². The van der Waals surface area contributed by atoms with Gasteiger partial charge in [0.2, 0.25) is 0 Å². The van der Waals surface area contributed by atoms with Gasteiger partial charge in [-0.25, -0.2) is 4.98 Å². The lowest BCUT2D eigenvalue weighted by atomic mass is 10.5. The summed E-state index contributed by atoms with van der Waals surface area (Å²) in [6.07, 6.45) is 0. The Labute approximate surface area is 91.1 Å². The molecule has 1 aromatic rings. The summed E-state index contributed by atoms with van der Waals surface area (Å²) in [5, 5.41) is 8.39. The normalized spacial score (nSPS) is 11.7. The molecule has 1 aliphatic rings. The van der Waals surface area contributed by atoms with Crippen LogP contribution in [0.1, 0.15) is 0 Å². The van der Waals surface area contributed by atoms with Crippen molar-refractivity contribution >= 4 is 30.0 Å². The Balaban J connectivity index is 0. The fraction of sp³-hybridized carbons (Fsp3) is 0.333. The van der Waals surface area contributed by atoms with Crippen LogP contribution in [0.3, 0.4) is 0 Å². The highest BCUT2D eigenvalue weighted by Crippen LogP contribution is 2.20. The predicted octanol–water partition coefficient (Wildman–Crippen LogP) is -1.18. The fourth-order valence-electron chi connectivity index (χ4n) is 1.08. The number of rotatable bonds is 0. The molecule has 0 atom stereocenters. The minimum atomic E-state index is 0. The number of thioether (sulfide) groups is 1. The van der Waals surface area contributed by atoms with Crippen molar-refractivity contribution in [2.24, 2.45) is 0 Å². The van der Waals surface area contributed by atoms with Crippen molar-refractivity contribution in [2.75, 3.05) is 11.5 Å². The van der Waals surface area contributed by atoms with E-state index in [1.54, 1.807) is 17.8 Å². The van der Waals surface area contributed by atoms with Gasteiger partial charge in [0.25, 0.3) is 0 Å². The highest BCUT2D eigenvalue weighted by Gasteiger charge is 2.11. The van der Waals surface area contributed by atoms with Crippen molar-refractivity contribution in [3.8, 4) is 0 Å². The van der Waals surface area contributed by atoms with Gasteiger partial charge in [0.1, 0.15) is 11.3 Å². The first-order chi connectivity index (χ1) is 5.27. The zero-order chi connectivity index (χ0) is 7.84. The molecule has 0 fully saturated rings. The summed E-state index contributed by atoms with van der Waals surface area (Å²) in [5.41, 5.74) is 5.93. The van der Waals surface area contributed by atoms with Gasteiger partial charge < -0.3 is 21.3 Å². The molecule has 7 N–H and O–H groups in total. The van der Waals surface area contributed by atoms with E-state index in [-0.39, 0.29) is 23.4 Å². The van der Waals surface area contributed by atoms with E-state index in [4.69, 9.17) is 11.1 Å². The van der Waals surface area contributed by atoms with Crippen LogP contribution in [0, 0.1) is 5.41 Å². The fourth-order valence-corrected chi connectivity index (χ4v) is 2.05. The van der Waals surface area contributed by atoms with Crippen molar-refractivity contribution in [3.05, 3.63) is 11.6 Å². The monoisotopic (exact) mass is 240 g/mol.